The zero-order chi connectivity index (χ0) is 16.0. The summed E-state index contributed by atoms with van der Waals surface area (Å²) in [5.41, 5.74) is 5.76. The molecule has 1 aliphatic carbocycles. The van der Waals surface area contributed by atoms with Gasteiger partial charge in [0.25, 0.3) is 0 Å². The van der Waals surface area contributed by atoms with E-state index in [1.807, 2.05) is 6.20 Å². The summed E-state index contributed by atoms with van der Waals surface area (Å²) in [7, 11) is 0. The molecule has 4 rings (SSSR count). The number of aromatic nitrogens is 4. The summed E-state index contributed by atoms with van der Waals surface area (Å²) in [4.78, 5) is 8.54. The number of H-pyrrole nitrogens is 1. The minimum Gasteiger partial charge on any atom is -0.278 e. The van der Waals surface area contributed by atoms with Crippen LogP contribution in [0.1, 0.15) is 41.1 Å². The summed E-state index contributed by atoms with van der Waals surface area (Å²) in [5, 5.41) is 9.19. The van der Waals surface area contributed by atoms with Gasteiger partial charge in [-0.25, -0.2) is 9.97 Å². The molecule has 1 N–H and O–H groups in total. The lowest BCUT2D eigenvalue weighted by molar-refractivity contribution is 0.609. The second-order valence-electron chi connectivity index (χ2n) is 6.13. The van der Waals surface area contributed by atoms with Crippen molar-refractivity contribution in [3.05, 3.63) is 51.2 Å². The predicted molar refractivity (Wildman–Crippen MR) is 92.3 cm³/mol. The first-order chi connectivity index (χ1) is 11.1. The predicted octanol–water partition coefficient (Wildman–Crippen LogP) is 4.63. The number of nitrogens with one attached hydrogen (secondary N) is 1. The number of fused-ring (bicyclic) bond motifs is 2. The fraction of sp³-hybridized carbons (Fsp3) is 0.353. The van der Waals surface area contributed by atoms with Gasteiger partial charge in [-0.1, -0.05) is 17.7 Å². The summed E-state index contributed by atoms with van der Waals surface area (Å²) in [6.45, 7) is 2.16. The highest BCUT2D eigenvalue weighted by Gasteiger charge is 2.25. The van der Waals surface area contributed by atoms with Gasteiger partial charge in [-0.05, 0) is 67.3 Å². The Morgan fingerprint density at radius 1 is 1.22 bits per heavy atom. The molecule has 0 bridgehead atoms. The molecule has 0 saturated heterocycles. The highest BCUT2D eigenvalue weighted by atomic mass is 35.5. The summed E-state index contributed by atoms with van der Waals surface area (Å²) in [5.74, 6) is 0.389. The monoisotopic (exact) mass is 346 g/mol. The highest BCUT2D eigenvalue weighted by molar-refractivity contribution is 6.32. The largest absolute Gasteiger partial charge is 0.278 e. The molecule has 0 radical (unpaired) electrons. The van der Waals surface area contributed by atoms with E-state index in [0.29, 0.717) is 11.1 Å². The molecule has 1 aliphatic rings. The first kappa shape index (κ1) is 14.9. The Balaban J connectivity index is 1.83. The van der Waals surface area contributed by atoms with E-state index in [4.69, 9.17) is 23.2 Å². The van der Waals surface area contributed by atoms with Crippen molar-refractivity contribution in [2.45, 2.75) is 38.5 Å². The van der Waals surface area contributed by atoms with Crippen molar-refractivity contribution in [2.24, 2.45) is 0 Å². The van der Waals surface area contributed by atoms with Crippen molar-refractivity contribution in [3.63, 3.8) is 0 Å². The van der Waals surface area contributed by atoms with Gasteiger partial charge in [0.2, 0.25) is 5.28 Å². The van der Waals surface area contributed by atoms with Crippen molar-refractivity contribution in [2.75, 3.05) is 0 Å². The molecule has 2 heterocycles. The summed E-state index contributed by atoms with van der Waals surface area (Å²) < 4.78 is 0. The summed E-state index contributed by atoms with van der Waals surface area (Å²) >= 11 is 12.3. The van der Waals surface area contributed by atoms with Crippen LogP contribution in [-0.2, 0) is 12.8 Å². The van der Waals surface area contributed by atoms with E-state index >= 15 is 0 Å². The fourth-order valence-electron chi connectivity index (χ4n) is 3.68. The molecule has 118 valence electrons. The van der Waals surface area contributed by atoms with Crippen molar-refractivity contribution < 1.29 is 0 Å². The smallest absolute Gasteiger partial charge is 0.224 e. The van der Waals surface area contributed by atoms with E-state index in [9.17, 15) is 0 Å². The van der Waals surface area contributed by atoms with Crippen LogP contribution >= 0.6 is 23.2 Å². The van der Waals surface area contributed by atoms with Crippen molar-refractivity contribution in [3.8, 4) is 0 Å². The minimum absolute atomic E-state index is 0.229. The molecule has 1 atom stereocenters. The Morgan fingerprint density at radius 2 is 2.09 bits per heavy atom. The Labute approximate surface area is 144 Å². The summed E-state index contributed by atoms with van der Waals surface area (Å²) in [6, 6.07) is 4.24. The first-order valence-electron chi connectivity index (χ1n) is 7.77. The molecule has 23 heavy (non-hydrogen) atoms. The van der Waals surface area contributed by atoms with Gasteiger partial charge < -0.3 is 0 Å². The number of aromatic amines is 1. The van der Waals surface area contributed by atoms with Crippen LogP contribution in [0.3, 0.4) is 0 Å². The number of hydrogen-bond donors (Lipinski definition) is 1. The molecule has 1 aromatic carbocycles. The lowest BCUT2D eigenvalue weighted by Gasteiger charge is -2.18. The fourth-order valence-corrected chi connectivity index (χ4v) is 4.20. The molecule has 0 amide bonds. The van der Waals surface area contributed by atoms with E-state index in [2.05, 4.69) is 39.2 Å². The standard InChI is InChI=1S/C17H16Cl2N4/c1-9-5-6-13-12(8-20-23-13)15(9)10-3-2-4-11-14(7-10)21-17(19)22-16(11)18/h5-6,8,10H,2-4,7H2,1H3,(H,20,23). The van der Waals surface area contributed by atoms with E-state index in [-0.39, 0.29) is 5.28 Å². The van der Waals surface area contributed by atoms with E-state index in [0.717, 1.165) is 42.5 Å². The van der Waals surface area contributed by atoms with Gasteiger partial charge in [0.1, 0.15) is 5.15 Å². The molecule has 0 fully saturated rings. The molecule has 0 saturated carbocycles. The van der Waals surface area contributed by atoms with Gasteiger partial charge in [0, 0.05) is 10.9 Å². The molecular formula is C17H16Cl2N4. The molecule has 4 nitrogen and oxygen atoms in total. The number of hydrogen-bond acceptors (Lipinski definition) is 3. The van der Waals surface area contributed by atoms with Crippen LogP contribution in [0.2, 0.25) is 10.4 Å². The molecule has 6 heteroatoms. The third kappa shape index (κ3) is 2.60. The zero-order valence-corrected chi connectivity index (χ0v) is 14.2. The Kier molecular flexibility index (Phi) is 3.74. The number of benzene rings is 1. The van der Waals surface area contributed by atoms with Gasteiger partial charge in [0.15, 0.2) is 0 Å². The second kappa shape index (κ2) is 5.77. The van der Waals surface area contributed by atoms with Crippen LogP contribution in [0, 0.1) is 6.92 Å². The second-order valence-corrected chi connectivity index (χ2v) is 6.83. The maximum absolute atomic E-state index is 6.27. The van der Waals surface area contributed by atoms with E-state index in [1.165, 1.54) is 16.5 Å². The van der Waals surface area contributed by atoms with Crippen LogP contribution in [0.25, 0.3) is 10.9 Å². The molecule has 0 aliphatic heterocycles. The summed E-state index contributed by atoms with van der Waals surface area (Å²) in [6.07, 6.45) is 5.82. The van der Waals surface area contributed by atoms with Crippen molar-refractivity contribution >= 4 is 34.1 Å². The van der Waals surface area contributed by atoms with Gasteiger partial charge >= 0.3 is 0 Å². The van der Waals surface area contributed by atoms with Crippen LogP contribution < -0.4 is 0 Å². The minimum atomic E-state index is 0.229. The number of halogens is 2. The number of aryl methyl sites for hydroxylation is 1. The average Bonchev–Trinajstić information content (AvgIpc) is 2.87. The topological polar surface area (TPSA) is 54.5 Å². The Morgan fingerprint density at radius 3 is 2.96 bits per heavy atom. The van der Waals surface area contributed by atoms with Crippen LogP contribution in [0.4, 0.5) is 0 Å². The Hall–Kier alpha value is -1.65. The molecule has 2 aromatic heterocycles. The van der Waals surface area contributed by atoms with Gasteiger partial charge in [-0.15, -0.1) is 0 Å². The lowest BCUT2D eigenvalue weighted by Crippen LogP contribution is -2.07. The highest BCUT2D eigenvalue weighted by Crippen LogP contribution is 2.37. The Bertz CT molecular complexity index is 888. The maximum Gasteiger partial charge on any atom is 0.224 e. The molecule has 1 unspecified atom stereocenters. The van der Waals surface area contributed by atoms with Gasteiger partial charge in [-0.2, -0.15) is 5.10 Å². The van der Waals surface area contributed by atoms with Crippen LogP contribution in [0.5, 0.6) is 0 Å². The van der Waals surface area contributed by atoms with E-state index < -0.39 is 0 Å². The third-order valence-corrected chi connectivity index (χ3v) is 5.21. The normalized spacial score (nSPS) is 18.0. The molecular weight excluding hydrogens is 331 g/mol. The first-order valence-corrected chi connectivity index (χ1v) is 8.52. The number of nitrogens with zero attached hydrogens (tertiary/aromatic N) is 3. The zero-order valence-electron chi connectivity index (χ0n) is 12.7. The van der Waals surface area contributed by atoms with Crippen molar-refractivity contribution in [1.82, 2.24) is 20.2 Å². The molecule has 3 aromatic rings. The quantitative estimate of drug-likeness (QED) is 0.397. The van der Waals surface area contributed by atoms with Crippen molar-refractivity contribution in [1.29, 1.82) is 0 Å². The van der Waals surface area contributed by atoms with E-state index in [1.54, 1.807) is 0 Å². The maximum atomic E-state index is 6.27. The van der Waals surface area contributed by atoms with Gasteiger partial charge in [0.05, 0.1) is 17.4 Å². The average molecular weight is 347 g/mol. The SMILES string of the molecule is Cc1ccc2[nH]ncc2c1C1CCCc2c(Cl)nc(Cl)nc2C1. The lowest BCUT2D eigenvalue weighted by atomic mass is 9.86. The third-order valence-electron chi connectivity index (χ3n) is 4.73. The van der Waals surface area contributed by atoms with Crippen LogP contribution in [-0.4, -0.2) is 20.2 Å². The van der Waals surface area contributed by atoms with Crippen LogP contribution in [0.15, 0.2) is 18.3 Å². The van der Waals surface area contributed by atoms with Gasteiger partial charge in [-0.3, -0.25) is 5.10 Å². The number of rotatable bonds is 1. The molecule has 0 spiro atoms.